The molecule has 0 saturated heterocycles. The first-order valence-corrected chi connectivity index (χ1v) is 8.86. The molecule has 1 atom stereocenters. The van der Waals surface area contributed by atoms with Gasteiger partial charge in [0.15, 0.2) is 0 Å². The van der Waals surface area contributed by atoms with Gasteiger partial charge < -0.3 is 9.47 Å². The highest BCUT2D eigenvalue weighted by molar-refractivity contribution is 6.17. The van der Waals surface area contributed by atoms with Crippen LogP contribution in [0.25, 0.3) is 11.1 Å². The summed E-state index contributed by atoms with van der Waals surface area (Å²) in [4.78, 5) is 0. The summed E-state index contributed by atoms with van der Waals surface area (Å²) in [7, 11) is 0. The normalized spacial score (nSPS) is 17.0. The lowest BCUT2D eigenvalue weighted by atomic mass is 9.94. The Morgan fingerprint density at radius 3 is 2.58 bits per heavy atom. The van der Waals surface area contributed by atoms with Gasteiger partial charge in [-0.15, -0.1) is 11.6 Å². The molecule has 0 aliphatic carbocycles. The predicted octanol–water partition coefficient (Wildman–Crippen LogP) is 5.43. The largest absolute Gasteiger partial charge is 0.491 e. The Kier molecular flexibility index (Phi) is 5.60. The average molecular weight is 343 g/mol. The van der Waals surface area contributed by atoms with Crippen molar-refractivity contribution in [3.05, 3.63) is 65.2 Å². The fraction of sp³-hybridized carbons (Fsp3) is 0.333. The van der Waals surface area contributed by atoms with Crippen molar-refractivity contribution in [3.63, 3.8) is 0 Å². The zero-order chi connectivity index (χ0) is 16.9. The highest BCUT2D eigenvalue weighted by Crippen LogP contribution is 2.32. The first-order chi connectivity index (χ1) is 11.7. The van der Waals surface area contributed by atoms with Gasteiger partial charge in [-0.3, -0.25) is 0 Å². The van der Waals surface area contributed by atoms with E-state index in [1.54, 1.807) is 0 Å². The molecule has 3 heteroatoms. The smallest absolute Gasteiger partial charge is 0.120 e. The number of hydrogen-bond donors (Lipinski definition) is 0. The second-order valence-corrected chi connectivity index (χ2v) is 6.51. The number of halogens is 1. The first-order valence-electron chi connectivity index (χ1n) is 8.33. The lowest BCUT2D eigenvalue weighted by Gasteiger charge is -2.20. The van der Waals surface area contributed by atoms with Crippen LogP contribution in [-0.4, -0.2) is 19.3 Å². The Hall–Kier alpha value is -1.77. The molecule has 2 aromatic rings. The molecule has 2 nitrogen and oxygen atoms in total. The standard InChI is InChI=1S/C21H23ClO2/c1-15-10-20(24-14-19-8-3-4-9-23-19)11-16(2)21(15)18-7-5-6-17(12-18)13-22/h3-7,10-12,19H,8-9,13-14H2,1-2H3/t19-/m1/s1. The summed E-state index contributed by atoms with van der Waals surface area (Å²) in [6.07, 6.45) is 5.27. The molecule has 1 heterocycles. The maximum atomic E-state index is 5.97. The van der Waals surface area contributed by atoms with E-state index in [1.807, 2.05) is 0 Å². The minimum absolute atomic E-state index is 0.149. The molecule has 2 aromatic carbocycles. The molecule has 0 spiro atoms. The molecule has 126 valence electrons. The molecule has 24 heavy (non-hydrogen) atoms. The molecular formula is C21H23ClO2. The number of benzene rings is 2. The zero-order valence-corrected chi connectivity index (χ0v) is 15.0. The highest BCUT2D eigenvalue weighted by Gasteiger charge is 2.13. The maximum Gasteiger partial charge on any atom is 0.120 e. The molecule has 0 aromatic heterocycles. The van der Waals surface area contributed by atoms with Crippen molar-refractivity contribution in [1.82, 2.24) is 0 Å². The molecule has 0 bridgehead atoms. The molecule has 0 radical (unpaired) electrons. The van der Waals surface area contributed by atoms with Crippen molar-refractivity contribution in [3.8, 4) is 16.9 Å². The van der Waals surface area contributed by atoms with Crippen LogP contribution in [0.2, 0.25) is 0 Å². The Labute approximate surface area is 149 Å². The lowest BCUT2D eigenvalue weighted by molar-refractivity contribution is 0.0316. The fourth-order valence-electron chi connectivity index (χ4n) is 3.15. The summed E-state index contributed by atoms with van der Waals surface area (Å²) in [5, 5.41) is 0. The Balaban J connectivity index is 1.79. The zero-order valence-electron chi connectivity index (χ0n) is 14.2. The lowest BCUT2D eigenvalue weighted by Crippen LogP contribution is -2.23. The number of ether oxygens (including phenoxy) is 2. The summed E-state index contributed by atoms with van der Waals surface area (Å²) >= 11 is 5.97. The van der Waals surface area contributed by atoms with Crippen molar-refractivity contribution in [2.24, 2.45) is 0 Å². The Bertz CT molecular complexity index is 713. The van der Waals surface area contributed by atoms with Crippen LogP contribution >= 0.6 is 11.6 Å². The van der Waals surface area contributed by atoms with E-state index in [-0.39, 0.29) is 6.10 Å². The third kappa shape index (κ3) is 4.00. The average Bonchev–Trinajstić information content (AvgIpc) is 2.60. The maximum absolute atomic E-state index is 5.97. The van der Waals surface area contributed by atoms with E-state index in [0.717, 1.165) is 17.7 Å². The quantitative estimate of drug-likeness (QED) is 0.532. The van der Waals surface area contributed by atoms with Crippen LogP contribution in [0.15, 0.2) is 48.6 Å². The van der Waals surface area contributed by atoms with E-state index in [9.17, 15) is 0 Å². The monoisotopic (exact) mass is 342 g/mol. The molecule has 0 fully saturated rings. The van der Waals surface area contributed by atoms with Gasteiger partial charge in [0.25, 0.3) is 0 Å². The van der Waals surface area contributed by atoms with Gasteiger partial charge in [0, 0.05) is 5.88 Å². The summed E-state index contributed by atoms with van der Waals surface area (Å²) < 4.78 is 11.6. The molecule has 0 saturated carbocycles. The highest BCUT2D eigenvalue weighted by atomic mass is 35.5. The SMILES string of the molecule is Cc1cc(OC[C@H]2CC=CCO2)cc(C)c1-c1cccc(CCl)c1. The third-order valence-electron chi connectivity index (χ3n) is 4.31. The Morgan fingerprint density at radius 1 is 1.12 bits per heavy atom. The van der Waals surface area contributed by atoms with Crippen molar-refractivity contribution in [2.75, 3.05) is 13.2 Å². The molecule has 1 aliphatic heterocycles. The molecule has 3 rings (SSSR count). The van der Waals surface area contributed by atoms with Gasteiger partial charge in [-0.25, -0.2) is 0 Å². The van der Waals surface area contributed by atoms with Crippen molar-refractivity contribution in [1.29, 1.82) is 0 Å². The molecular weight excluding hydrogens is 320 g/mol. The number of alkyl halides is 1. The molecule has 0 amide bonds. The predicted molar refractivity (Wildman–Crippen MR) is 99.9 cm³/mol. The van der Waals surface area contributed by atoms with Crippen molar-refractivity contribution < 1.29 is 9.47 Å². The van der Waals surface area contributed by atoms with E-state index in [2.05, 4.69) is 62.4 Å². The number of hydrogen-bond acceptors (Lipinski definition) is 2. The van der Waals surface area contributed by atoms with Crippen LogP contribution in [0, 0.1) is 13.8 Å². The van der Waals surface area contributed by atoms with Gasteiger partial charge in [0.1, 0.15) is 12.4 Å². The second kappa shape index (κ2) is 7.87. The first kappa shape index (κ1) is 17.1. The van der Waals surface area contributed by atoms with E-state index in [4.69, 9.17) is 21.1 Å². The van der Waals surface area contributed by atoms with E-state index in [1.165, 1.54) is 22.3 Å². The third-order valence-corrected chi connectivity index (χ3v) is 4.61. The van der Waals surface area contributed by atoms with Crippen LogP contribution in [-0.2, 0) is 10.6 Å². The number of aryl methyl sites for hydroxylation is 2. The summed E-state index contributed by atoms with van der Waals surface area (Å²) in [6, 6.07) is 12.6. The van der Waals surface area contributed by atoms with Gasteiger partial charge in [-0.2, -0.15) is 0 Å². The Morgan fingerprint density at radius 2 is 1.92 bits per heavy atom. The van der Waals surface area contributed by atoms with Crippen LogP contribution in [0.3, 0.4) is 0 Å². The van der Waals surface area contributed by atoms with Gasteiger partial charge in [-0.05, 0) is 66.3 Å². The summed E-state index contributed by atoms with van der Waals surface area (Å²) in [5.41, 5.74) is 6.01. The van der Waals surface area contributed by atoms with Gasteiger partial charge >= 0.3 is 0 Å². The van der Waals surface area contributed by atoms with Crippen molar-refractivity contribution >= 4 is 11.6 Å². The van der Waals surface area contributed by atoms with E-state index >= 15 is 0 Å². The van der Waals surface area contributed by atoms with Crippen LogP contribution in [0.5, 0.6) is 5.75 Å². The van der Waals surface area contributed by atoms with Gasteiger partial charge in [0.05, 0.1) is 12.7 Å². The second-order valence-electron chi connectivity index (χ2n) is 6.24. The van der Waals surface area contributed by atoms with E-state index in [0.29, 0.717) is 19.1 Å². The van der Waals surface area contributed by atoms with Crippen LogP contribution in [0.1, 0.15) is 23.1 Å². The minimum Gasteiger partial charge on any atom is -0.491 e. The molecule has 1 aliphatic rings. The van der Waals surface area contributed by atoms with Crippen LogP contribution in [0.4, 0.5) is 0 Å². The van der Waals surface area contributed by atoms with E-state index < -0.39 is 0 Å². The fourth-order valence-corrected chi connectivity index (χ4v) is 3.32. The summed E-state index contributed by atoms with van der Waals surface area (Å²) in [5.74, 6) is 1.43. The van der Waals surface area contributed by atoms with Crippen molar-refractivity contribution in [2.45, 2.75) is 32.3 Å². The van der Waals surface area contributed by atoms with Crippen LogP contribution < -0.4 is 4.74 Å². The summed E-state index contributed by atoms with van der Waals surface area (Å²) in [6.45, 7) is 5.52. The van der Waals surface area contributed by atoms with Gasteiger partial charge in [-0.1, -0.05) is 30.4 Å². The van der Waals surface area contributed by atoms with Gasteiger partial charge in [0.2, 0.25) is 0 Å². The molecule has 0 unspecified atom stereocenters. The number of rotatable bonds is 5. The molecule has 0 N–H and O–H groups in total. The minimum atomic E-state index is 0.149. The topological polar surface area (TPSA) is 18.5 Å².